The highest BCUT2D eigenvalue weighted by Gasteiger charge is 2.28. The van der Waals surface area contributed by atoms with Gasteiger partial charge in [-0.1, -0.05) is 38.1 Å². The third kappa shape index (κ3) is 4.83. The Hall–Kier alpha value is -3.15. The lowest BCUT2D eigenvalue weighted by Gasteiger charge is -2.23. The number of imide groups is 1. The molecule has 29 heavy (non-hydrogen) atoms. The van der Waals surface area contributed by atoms with Crippen LogP contribution in [-0.4, -0.2) is 29.7 Å². The first-order valence-electron chi connectivity index (χ1n) is 9.76. The van der Waals surface area contributed by atoms with E-state index in [1.165, 1.54) is 4.90 Å². The molecule has 3 amide bonds. The van der Waals surface area contributed by atoms with Gasteiger partial charge in [0.1, 0.15) is 5.75 Å². The topological polar surface area (TPSA) is 75.7 Å². The largest absolute Gasteiger partial charge is 0.497 e. The summed E-state index contributed by atoms with van der Waals surface area (Å²) in [4.78, 5) is 37.5. The van der Waals surface area contributed by atoms with Crippen molar-refractivity contribution in [2.45, 2.75) is 39.3 Å². The molecule has 1 atom stereocenters. The van der Waals surface area contributed by atoms with Crippen molar-refractivity contribution in [2.24, 2.45) is 5.92 Å². The third-order valence-corrected chi connectivity index (χ3v) is 5.14. The number of rotatable bonds is 7. The number of hydrogen-bond donors (Lipinski definition) is 1. The fraction of sp³-hybridized carbons (Fsp3) is 0.348. The normalized spacial score (nSPS) is 15.0. The molecule has 1 N–H and O–H groups in total. The molecule has 6 heteroatoms. The molecule has 1 saturated heterocycles. The van der Waals surface area contributed by atoms with Gasteiger partial charge in [-0.3, -0.25) is 19.3 Å². The summed E-state index contributed by atoms with van der Waals surface area (Å²) < 4.78 is 5.20. The Labute approximate surface area is 170 Å². The number of benzene rings is 2. The first kappa shape index (κ1) is 20.6. The second-order valence-electron chi connectivity index (χ2n) is 7.54. The molecule has 1 heterocycles. The Morgan fingerprint density at radius 2 is 1.59 bits per heavy atom. The maximum atomic E-state index is 12.8. The van der Waals surface area contributed by atoms with E-state index in [2.05, 4.69) is 19.2 Å². The minimum atomic E-state index is -0.167. The maximum Gasteiger partial charge on any atom is 0.251 e. The van der Waals surface area contributed by atoms with Crippen LogP contribution in [0.4, 0.5) is 0 Å². The van der Waals surface area contributed by atoms with E-state index in [4.69, 9.17) is 4.74 Å². The lowest BCUT2D eigenvalue weighted by Crippen LogP contribution is -2.31. The molecule has 0 saturated carbocycles. The highest BCUT2D eigenvalue weighted by molar-refractivity contribution is 6.01. The van der Waals surface area contributed by atoms with Crippen molar-refractivity contribution in [3.63, 3.8) is 0 Å². The van der Waals surface area contributed by atoms with Gasteiger partial charge in [0.25, 0.3) is 5.91 Å². The van der Waals surface area contributed by atoms with Crippen LogP contribution in [0.2, 0.25) is 0 Å². The molecule has 0 radical (unpaired) electrons. The zero-order valence-electron chi connectivity index (χ0n) is 17.0. The average Bonchev–Trinajstić information content (AvgIpc) is 3.04. The number of methoxy groups -OCH3 is 1. The summed E-state index contributed by atoms with van der Waals surface area (Å²) in [6.07, 6.45) is 0.558. The third-order valence-electron chi connectivity index (χ3n) is 5.14. The number of nitrogens with zero attached hydrogens (tertiary/aromatic N) is 1. The van der Waals surface area contributed by atoms with Crippen LogP contribution in [0.5, 0.6) is 5.75 Å². The van der Waals surface area contributed by atoms with Crippen LogP contribution in [0.15, 0.2) is 48.5 Å². The summed E-state index contributed by atoms with van der Waals surface area (Å²) in [7, 11) is 1.62. The first-order valence-corrected chi connectivity index (χ1v) is 9.76. The van der Waals surface area contributed by atoms with Gasteiger partial charge in [-0.25, -0.2) is 0 Å². The van der Waals surface area contributed by atoms with Gasteiger partial charge in [-0.2, -0.15) is 0 Å². The van der Waals surface area contributed by atoms with Crippen molar-refractivity contribution in [1.82, 2.24) is 10.2 Å². The highest BCUT2D eigenvalue weighted by Crippen LogP contribution is 2.24. The summed E-state index contributed by atoms with van der Waals surface area (Å²) in [5, 5.41) is 3.09. The van der Waals surface area contributed by atoms with Gasteiger partial charge in [0, 0.05) is 18.4 Å². The number of ether oxygens (including phenoxy) is 1. The van der Waals surface area contributed by atoms with Gasteiger partial charge in [-0.05, 0) is 41.3 Å². The number of hydrogen-bond acceptors (Lipinski definition) is 4. The summed E-state index contributed by atoms with van der Waals surface area (Å²) in [5.74, 6) is 0.526. The molecular weight excluding hydrogens is 368 g/mol. The Morgan fingerprint density at radius 3 is 2.10 bits per heavy atom. The Kier molecular flexibility index (Phi) is 6.32. The van der Waals surface area contributed by atoms with E-state index < -0.39 is 0 Å². The van der Waals surface area contributed by atoms with E-state index in [1.54, 1.807) is 31.4 Å². The molecular formula is C23H26N2O4. The van der Waals surface area contributed by atoms with E-state index in [1.807, 2.05) is 24.3 Å². The second-order valence-corrected chi connectivity index (χ2v) is 7.54. The number of likely N-dealkylation sites (tertiary alicyclic amines) is 1. The van der Waals surface area contributed by atoms with E-state index >= 15 is 0 Å². The second kappa shape index (κ2) is 8.90. The van der Waals surface area contributed by atoms with Crippen molar-refractivity contribution < 1.29 is 19.1 Å². The predicted molar refractivity (Wildman–Crippen MR) is 109 cm³/mol. The molecule has 1 aliphatic heterocycles. The zero-order chi connectivity index (χ0) is 21.0. The van der Waals surface area contributed by atoms with E-state index in [0.29, 0.717) is 5.56 Å². The molecule has 1 aliphatic rings. The van der Waals surface area contributed by atoms with Crippen LogP contribution >= 0.6 is 0 Å². The van der Waals surface area contributed by atoms with Crippen molar-refractivity contribution in [2.75, 3.05) is 7.11 Å². The smallest absolute Gasteiger partial charge is 0.251 e. The van der Waals surface area contributed by atoms with Crippen LogP contribution in [0, 0.1) is 5.92 Å². The minimum Gasteiger partial charge on any atom is -0.497 e. The van der Waals surface area contributed by atoms with Crippen LogP contribution in [0.1, 0.15) is 54.2 Å². The molecule has 2 aromatic carbocycles. The monoisotopic (exact) mass is 394 g/mol. The standard InChI is InChI=1S/C23H26N2O4/c1-15(2)22(17-8-10-19(29-3)11-9-17)24-23(28)18-6-4-16(5-7-18)14-25-20(26)12-13-21(25)27/h4-11,15,22H,12-14H2,1-3H3,(H,24,28)/t22-/m0/s1. The van der Waals surface area contributed by atoms with Crippen LogP contribution in [0.3, 0.4) is 0 Å². The molecule has 6 nitrogen and oxygen atoms in total. The van der Waals surface area contributed by atoms with Crippen LogP contribution < -0.4 is 10.1 Å². The van der Waals surface area contributed by atoms with Crippen molar-refractivity contribution >= 4 is 17.7 Å². The number of carbonyl (C=O) groups is 3. The minimum absolute atomic E-state index is 0.132. The fourth-order valence-corrected chi connectivity index (χ4v) is 3.41. The van der Waals surface area contributed by atoms with Crippen molar-refractivity contribution in [3.8, 4) is 5.75 Å². The number of carbonyl (C=O) groups excluding carboxylic acids is 3. The van der Waals surface area contributed by atoms with Crippen LogP contribution in [0.25, 0.3) is 0 Å². The predicted octanol–water partition coefficient (Wildman–Crippen LogP) is 3.47. The van der Waals surface area contributed by atoms with Crippen molar-refractivity contribution in [3.05, 3.63) is 65.2 Å². The highest BCUT2D eigenvalue weighted by atomic mass is 16.5. The average molecular weight is 394 g/mol. The zero-order valence-corrected chi connectivity index (χ0v) is 17.0. The van der Waals surface area contributed by atoms with Crippen molar-refractivity contribution in [1.29, 1.82) is 0 Å². The Balaban J connectivity index is 1.68. The molecule has 152 valence electrons. The maximum absolute atomic E-state index is 12.8. The Bertz CT molecular complexity index is 872. The summed E-state index contributed by atoms with van der Waals surface area (Å²) in [5.41, 5.74) is 2.37. The van der Waals surface area contributed by atoms with Gasteiger partial charge in [0.15, 0.2) is 0 Å². The summed E-state index contributed by atoms with van der Waals surface area (Å²) in [6, 6.07) is 14.6. The molecule has 0 unspecified atom stereocenters. The number of amides is 3. The molecule has 0 bridgehead atoms. The Morgan fingerprint density at radius 1 is 1.00 bits per heavy atom. The van der Waals surface area contributed by atoms with E-state index in [0.717, 1.165) is 16.9 Å². The molecule has 2 aromatic rings. The summed E-state index contributed by atoms with van der Waals surface area (Å²) in [6.45, 7) is 4.37. The van der Waals surface area contributed by atoms with Crippen LogP contribution in [-0.2, 0) is 16.1 Å². The molecule has 1 fully saturated rings. The molecule has 0 spiro atoms. The fourth-order valence-electron chi connectivity index (χ4n) is 3.41. The number of nitrogens with one attached hydrogen (secondary N) is 1. The van der Waals surface area contributed by atoms with Gasteiger partial charge in [-0.15, -0.1) is 0 Å². The van der Waals surface area contributed by atoms with E-state index in [-0.39, 0.29) is 49.1 Å². The van der Waals surface area contributed by atoms with Gasteiger partial charge in [0.2, 0.25) is 11.8 Å². The van der Waals surface area contributed by atoms with E-state index in [9.17, 15) is 14.4 Å². The SMILES string of the molecule is COc1ccc([C@@H](NC(=O)c2ccc(CN3C(=O)CCC3=O)cc2)C(C)C)cc1. The van der Waals surface area contributed by atoms with Gasteiger partial charge in [0.05, 0.1) is 19.7 Å². The first-order chi connectivity index (χ1) is 13.9. The van der Waals surface area contributed by atoms with Gasteiger partial charge < -0.3 is 10.1 Å². The lowest BCUT2D eigenvalue weighted by molar-refractivity contribution is -0.139. The molecule has 3 rings (SSSR count). The lowest BCUT2D eigenvalue weighted by atomic mass is 9.95. The molecule has 0 aliphatic carbocycles. The van der Waals surface area contributed by atoms with Gasteiger partial charge >= 0.3 is 0 Å². The molecule has 0 aromatic heterocycles. The summed E-state index contributed by atoms with van der Waals surface area (Å²) >= 11 is 0. The quantitative estimate of drug-likeness (QED) is 0.730.